The molecule has 1 rings (SSSR count). The highest BCUT2D eigenvalue weighted by molar-refractivity contribution is 9.10. The summed E-state index contributed by atoms with van der Waals surface area (Å²) in [6, 6.07) is 1.19. The summed E-state index contributed by atoms with van der Waals surface area (Å²) in [4.78, 5) is 10.5. The third-order valence-electron chi connectivity index (χ3n) is 2.24. The van der Waals surface area contributed by atoms with Crippen LogP contribution in [0, 0.1) is 5.82 Å². The summed E-state index contributed by atoms with van der Waals surface area (Å²) in [5, 5.41) is 8.64. The first-order valence-electron chi connectivity index (χ1n) is 4.81. The van der Waals surface area contributed by atoms with Gasteiger partial charge in [-0.1, -0.05) is 0 Å². The molecule has 0 aromatic heterocycles. The second-order valence-electron chi connectivity index (χ2n) is 3.28. The number of hydrogen-bond acceptors (Lipinski definition) is 3. The molecule has 0 unspecified atom stereocenters. The monoisotopic (exact) mass is 306 g/mol. The number of aliphatic carboxylic acids is 1. The van der Waals surface area contributed by atoms with Crippen molar-refractivity contribution in [2.24, 2.45) is 0 Å². The van der Waals surface area contributed by atoms with Gasteiger partial charge in [0.25, 0.3) is 0 Å². The summed E-state index contributed by atoms with van der Waals surface area (Å²) in [7, 11) is 2.82. The van der Waals surface area contributed by atoms with Crippen molar-refractivity contribution in [2.75, 3.05) is 14.2 Å². The van der Waals surface area contributed by atoms with E-state index in [2.05, 4.69) is 15.9 Å². The highest BCUT2D eigenvalue weighted by atomic mass is 79.9. The molecule has 0 aliphatic carbocycles. The molecule has 17 heavy (non-hydrogen) atoms. The Hall–Kier alpha value is -1.30. The predicted molar refractivity (Wildman–Crippen MR) is 63.2 cm³/mol. The third-order valence-corrected chi connectivity index (χ3v) is 3.10. The van der Waals surface area contributed by atoms with Crippen LogP contribution in [-0.4, -0.2) is 25.3 Å². The van der Waals surface area contributed by atoms with Crippen molar-refractivity contribution in [3.63, 3.8) is 0 Å². The first-order valence-corrected chi connectivity index (χ1v) is 5.61. The zero-order valence-electron chi connectivity index (χ0n) is 9.42. The van der Waals surface area contributed by atoms with E-state index in [1.54, 1.807) is 0 Å². The van der Waals surface area contributed by atoms with Crippen LogP contribution in [0.3, 0.4) is 0 Å². The number of carboxylic acids is 1. The molecule has 4 nitrogen and oxygen atoms in total. The number of benzene rings is 1. The summed E-state index contributed by atoms with van der Waals surface area (Å²) in [6.07, 6.45) is 0.0504. The maximum absolute atomic E-state index is 13.5. The summed E-state index contributed by atoms with van der Waals surface area (Å²) in [5.41, 5.74) is 0.451. The average Bonchev–Trinajstić information content (AvgIpc) is 2.29. The Kier molecular flexibility index (Phi) is 4.74. The number of ether oxygens (including phenoxy) is 2. The minimum atomic E-state index is -0.956. The number of methoxy groups -OCH3 is 2. The molecule has 1 aromatic carbocycles. The molecule has 94 valence electrons. The molecule has 6 heteroatoms. The van der Waals surface area contributed by atoms with Crippen molar-refractivity contribution in [1.29, 1.82) is 0 Å². The van der Waals surface area contributed by atoms with Gasteiger partial charge in [-0.2, -0.15) is 0 Å². The van der Waals surface area contributed by atoms with Gasteiger partial charge in [0.2, 0.25) is 0 Å². The second-order valence-corrected chi connectivity index (χ2v) is 4.07. The highest BCUT2D eigenvalue weighted by Crippen LogP contribution is 2.38. The smallest absolute Gasteiger partial charge is 0.303 e. The number of hydrogen-bond donors (Lipinski definition) is 1. The predicted octanol–water partition coefficient (Wildman–Crippen LogP) is 2.62. The topological polar surface area (TPSA) is 55.8 Å². The van der Waals surface area contributed by atoms with E-state index in [9.17, 15) is 9.18 Å². The van der Waals surface area contributed by atoms with Gasteiger partial charge >= 0.3 is 5.97 Å². The summed E-state index contributed by atoms with van der Waals surface area (Å²) >= 11 is 3.08. The Morgan fingerprint density at radius 1 is 1.47 bits per heavy atom. The fraction of sp³-hybridized carbons (Fsp3) is 0.364. The maximum atomic E-state index is 13.5. The van der Waals surface area contributed by atoms with E-state index in [1.165, 1.54) is 20.3 Å². The molecule has 0 saturated heterocycles. The molecule has 0 radical (unpaired) electrons. The van der Waals surface area contributed by atoms with E-state index >= 15 is 0 Å². The first-order chi connectivity index (χ1) is 8.01. The first kappa shape index (κ1) is 13.8. The molecule has 1 N–H and O–H groups in total. The van der Waals surface area contributed by atoms with Gasteiger partial charge in [0.05, 0.1) is 18.7 Å². The van der Waals surface area contributed by atoms with Crippen molar-refractivity contribution in [1.82, 2.24) is 0 Å². The zero-order valence-corrected chi connectivity index (χ0v) is 11.0. The molecule has 0 saturated carbocycles. The van der Waals surface area contributed by atoms with Gasteiger partial charge in [-0.3, -0.25) is 4.79 Å². The van der Waals surface area contributed by atoms with Gasteiger partial charge in [0.15, 0.2) is 11.5 Å². The normalized spacial score (nSPS) is 10.1. The molecule has 0 aliphatic rings. The minimum Gasteiger partial charge on any atom is -0.493 e. The van der Waals surface area contributed by atoms with Crippen molar-refractivity contribution >= 4 is 21.9 Å². The van der Waals surface area contributed by atoms with Crippen LogP contribution in [0.25, 0.3) is 0 Å². The van der Waals surface area contributed by atoms with Crippen molar-refractivity contribution < 1.29 is 23.8 Å². The van der Waals surface area contributed by atoms with E-state index in [1.807, 2.05) is 0 Å². The summed E-state index contributed by atoms with van der Waals surface area (Å²) < 4.78 is 23.8. The van der Waals surface area contributed by atoms with Crippen LogP contribution < -0.4 is 9.47 Å². The molecule has 1 aromatic rings. The second kappa shape index (κ2) is 5.86. The van der Waals surface area contributed by atoms with Crippen LogP contribution in [-0.2, 0) is 11.2 Å². The number of carboxylic acid groups (broad SMARTS) is 1. The Labute approximate surface area is 106 Å². The van der Waals surface area contributed by atoms with Crippen LogP contribution in [0.2, 0.25) is 0 Å². The molecular formula is C11H12BrFO4. The van der Waals surface area contributed by atoms with Gasteiger partial charge < -0.3 is 14.6 Å². The number of halogens is 2. The number of carbonyl (C=O) groups is 1. The molecular weight excluding hydrogens is 295 g/mol. The van der Waals surface area contributed by atoms with Crippen LogP contribution in [0.4, 0.5) is 4.39 Å². The highest BCUT2D eigenvalue weighted by Gasteiger charge is 2.18. The Morgan fingerprint density at radius 2 is 2.12 bits per heavy atom. The number of rotatable bonds is 5. The van der Waals surface area contributed by atoms with Crippen LogP contribution in [0.15, 0.2) is 10.5 Å². The minimum absolute atomic E-state index is 0.110. The SMILES string of the molecule is COc1cc(F)c(Br)c(CCC(=O)O)c1OC. The van der Waals surface area contributed by atoms with Crippen molar-refractivity contribution in [2.45, 2.75) is 12.8 Å². The van der Waals surface area contributed by atoms with Crippen molar-refractivity contribution in [3.05, 3.63) is 21.9 Å². The van der Waals surface area contributed by atoms with E-state index in [-0.39, 0.29) is 23.1 Å². The summed E-state index contributed by atoms with van der Waals surface area (Å²) in [5.74, 6) is -0.874. The van der Waals surface area contributed by atoms with Gasteiger partial charge in [0.1, 0.15) is 5.82 Å². The molecule has 0 heterocycles. The van der Waals surface area contributed by atoms with Gasteiger partial charge in [-0.15, -0.1) is 0 Å². The standard InChI is InChI=1S/C11H12BrFO4/c1-16-8-5-7(13)10(12)6(11(8)17-2)3-4-9(14)15/h5H,3-4H2,1-2H3,(H,14,15). The molecule has 0 amide bonds. The van der Waals surface area contributed by atoms with Gasteiger partial charge in [0, 0.05) is 18.1 Å². The fourth-order valence-corrected chi connectivity index (χ4v) is 1.96. The lowest BCUT2D eigenvalue weighted by atomic mass is 10.1. The summed E-state index contributed by atoms with van der Waals surface area (Å²) in [6.45, 7) is 0. The molecule has 0 aliphatic heterocycles. The Bertz CT molecular complexity index is 434. The van der Waals surface area contributed by atoms with E-state index < -0.39 is 11.8 Å². The lowest BCUT2D eigenvalue weighted by Crippen LogP contribution is -2.03. The Balaban J connectivity index is 3.22. The largest absolute Gasteiger partial charge is 0.493 e. The Morgan fingerprint density at radius 3 is 2.59 bits per heavy atom. The van der Waals surface area contributed by atoms with Gasteiger partial charge in [-0.25, -0.2) is 4.39 Å². The molecule has 0 bridgehead atoms. The molecule has 0 spiro atoms. The van der Waals surface area contributed by atoms with Crippen LogP contribution in [0.1, 0.15) is 12.0 Å². The van der Waals surface area contributed by atoms with Crippen LogP contribution in [0.5, 0.6) is 11.5 Å². The maximum Gasteiger partial charge on any atom is 0.303 e. The lowest BCUT2D eigenvalue weighted by molar-refractivity contribution is -0.136. The van der Waals surface area contributed by atoms with E-state index in [0.717, 1.165) is 0 Å². The lowest BCUT2D eigenvalue weighted by Gasteiger charge is -2.14. The molecule has 0 fully saturated rings. The zero-order chi connectivity index (χ0) is 13.0. The van der Waals surface area contributed by atoms with E-state index in [0.29, 0.717) is 11.3 Å². The average molecular weight is 307 g/mol. The quantitative estimate of drug-likeness (QED) is 0.908. The van der Waals surface area contributed by atoms with Crippen LogP contribution >= 0.6 is 15.9 Å². The van der Waals surface area contributed by atoms with Crippen molar-refractivity contribution in [3.8, 4) is 11.5 Å². The van der Waals surface area contributed by atoms with E-state index in [4.69, 9.17) is 14.6 Å². The fourth-order valence-electron chi connectivity index (χ4n) is 1.47. The van der Waals surface area contributed by atoms with Gasteiger partial charge in [-0.05, 0) is 22.4 Å². The molecule has 0 atom stereocenters. The third kappa shape index (κ3) is 3.09.